The van der Waals surface area contributed by atoms with Crippen LogP contribution in [0.15, 0.2) is 47.8 Å². The smallest absolute Gasteiger partial charge is 0.257 e. The molecule has 2 amide bonds. The maximum atomic E-state index is 12.8. The second kappa shape index (κ2) is 11.3. The monoisotopic (exact) mass is 491 g/mol. The number of likely N-dealkylation sites (tertiary alicyclic amines) is 1. The zero-order valence-corrected chi connectivity index (χ0v) is 20.8. The van der Waals surface area contributed by atoms with E-state index in [9.17, 15) is 14.4 Å². The molecule has 8 heteroatoms. The number of amides is 2. The van der Waals surface area contributed by atoms with Gasteiger partial charge in [-0.15, -0.1) is 11.3 Å². The lowest BCUT2D eigenvalue weighted by atomic mass is 10.0. The number of methoxy groups -OCH3 is 1. The summed E-state index contributed by atoms with van der Waals surface area (Å²) in [5.41, 5.74) is 3.82. The standard InChI is InChI=1S/C27H29N3O4S/c1-3-4-5-18-6-11-24(34-2)22(16-18)23-17-35-27(28-23)29-25(32)19-7-9-20(10-8-19)26(33)30-14-12-21(31)13-15-30/h6-11,16-17H,3-5,12-15H2,1-2H3,(H,28,29,32). The van der Waals surface area contributed by atoms with E-state index in [1.54, 1.807) is 36.3 Å². The number of hydrogen-bond donors (Lipinski definition) is 1. The summed E-state index contributed by atoms with van der Waals surface area (Å²) in [5.74, 6) is 0.516. The Balaban J connectivity index is 1.43. The van der Waals surface area contributed by atoms with Crippen molar-refractivity contribution in [2.24, 2.45) is 0 Å². The molecule has 1 aliphatic rings. The van der Waals surface area contributed by atoms with Crippen LogP contribution in [0.25, 0.3) is 11.3 Å². The summed E-state index contributed by atoms with van der Waals surface area (Å²) in [6, 6.07) is 12.7. The molecule has 0 atom stereocenters. The summed E-state index contributed by atoms with van der Waals surface area (Å²) in [6.07, 6.45) is 4.04. The van der Waals surface area contributed by atoms with Gasteiger partial charge >= 0.3 is 0 Å². The summed E-state index contributed by atoms with van der Waals surface area (Å²) in [5, 5.41) is 5.24. The Hall–Kier alpha value is -3.52. The number of aromatic nitrogens is 1. The Bertz CT molecular complexity index is 1210. The van der Waals surface area contributed by atoms with Crippen LogP contribution in [-0.4, -0.2) is 47.7 Å². The molecule has 0 radical (unpaired) electrons. The lowest BCUT2D eigenvalue weighted by Crippen LogP contribution is -2.38. The highest BCUT2D eigenvalue weighted by atomic mass is 32.1. The highest BCUT2D eigenvalue weighted by molar-refractivity contribution is 7.14. The number of Topliss-reactive ketones (excluding diaryl/α,β-unsaturated/α-hetero) is 1. The highest BCUT2D eigenvalue weighted by Gasteiger charge is 2.22. The van der Waals surface area contributed by atoms with Gasteiger partial charge in [0.15, 0.2) is 5.13 Å². The summed E-state index contributed by atoms with van der Waals surface area (Å²) in [6.45, 7) is 3.06. The summed E-state index contributed by atoms with van der Waals surface area (Å²) < 4.78 is 5.53. The number of nitrogens with one attached hydrogen (secondary N) is 1. The van der Waals surface area contributed by atoms with Crippen LogP contribution in [0.1, 0.15) is 58.9 Å². The molecule has 1 saturated heterocycles. The van der Waals surface area contributed by atoms with Crippen molar-refractivity contribution in [2.75, 3.05) is 25.5 Å². The van der Waals surface area contributed by atoms with Crippen molar-refractivity contribution in [3.05, 3.63) is 64.5 Å². The van der Waals surface area contributed by atoms with E-state index < -0.39 is 0 Å². The van der Waals surface area contributed by atoms with Crippen molar-refractivity contribution in [1.29, 1.82) is 0 Å². The number of aryl methyl sites for hydroxylation is 1. The quantitative estimate of drug-likeness (QED) is 0.467. The Morgan fingerprint density at radius 3 is 2.49 bits per heavy atom. The van der Waals surface area contributed by atoms with Gasteiger partial charge in [-0.3, -0.25) is 19.7 Å². The molecule has 0 aliphatic carbocycles. The molecule has 1 aliphatic heterocycles. The largest absolute Gasteiger partial charge is 0.496 e. The molecule has 1 fully saturated rings. The first-order valence-electron chi connectivity index (χ1n) is 11.8. The number of unbranched alkanes of at least 4 members (excludes halogenated alkanes) is 1. The Morgan fingerprint density at radius 1 is 1.09 bits per heavy atom. The van der Waals surface area contributed by atoms with Crippen molar-refractivity contribution in [2.45, 2.75) is 39.0 Å². The van der Waals surface area contributed by atoms with Crippen molar-refractivity contribution >= 4 is 34.1 Å². The molecule has 3 aromatic rings. The van der Waals surface area contributed by atoms with E-state index in [1.165, 1.54) is 16.9 Å². The number of benzene rings is 2. The lowest BCUT2D eigenvalue weighted by molar-refractivity contribution is -0.120. The van der Waals surface area contributed by atoms with E-state index in [-0.39, 0.29) is 17.6 Å². The molecule has 2 aromatic carbocycles. The number of nitrogens with zero attached hydrogens (tertiary/aromatic N) is 2. The van der Waals surface area contributed by atoms with Gasteiger partial charge in [0.1, 0.15) is 11.5 Å². The fourth-order valence-electron chi connectivity index (χ4n) is 4.02. The van der Waals surface area contributed by atoms with Gasteiger partial charge in [-0.1, -0.05) is 19.4 Å². The molecule has 0 spiro atoms. The maximum absolute atomic E-state index is 12.8. The minimum atomic E-state index is -0.294. The molecule has 0 unspecified atom stereocenters. The van der Waals surface area contributed by atoms with Crippen LogP contribution in [0, 0.1) is 0 Å². The van der Waals surface area contributed by atoms with Crippen LogP contribution in [0.3, 0.4) is 0 Å². The van der Waals surface area contributed by atoms with Crippen LogP contribution in [0.2, 0.25) is 0 Å². The lowest BCUT2D eigenvalue weighted by Gasteiger charge is -2.26. The number of piperidine rings is 1. The number of ether oxygens (including phenoxy) is 1. The third kappa shape index (κ3) is 5.95. The normalized spacial score (nSPS) is 13.5. The van der Waals surface area contributed by atoms with Crippen LogP contribution >= 0.6 is 11.3 Å². The molecule has 0 saturated carbocycles. The Labute approximate surface area is 209 Å². The minimum Gasteiger partial charge on any atom is -0.496 e. The molecule has 1 aromatic heterocycles. The van der Waals surface area contributed by atoms with Crippen molar-refractivity contribution in [3.8, 4) is 17.0 Å². The van der Waals surface area contributed by atoms with E-state index in [2.05, 4.69) is 29.4 Å². The topological polar surface area (TPSA) is 88.6 Å². The molecule has 182 valence electrons. The first-order valence-corrected chi connectivity index (χ1v) is 12.7. The van der Waals surface area contributed by atoms with E-state index >= 15 is 0 Å². The molecule has 0 bridgehead atoms. The third-order valence-electron chi connectivity index (χ3n) is 6.09. The fraction of sp³-hybridized carbons (Fsp3) is 0.333. The van der Waals surface area contributed by atoms with Gasteiger partial charge in [-0.05, 0) is 54.8 Å². The second-order valence-electron chi connectivity index (χ2n) is 8.54. The van der Waals surface area contributed by atoms with Gasteiger partial charge in [0.05, 0.1) is 12.8 Å². The van der Waals surface area contributed by atoms with Gasteiger partial charge in [0.25, 0.3) is 11.8 Å². The fourth-order valence-corrected chi connectivity index (χ4v) is 4.73. The predicted molar refractivity (Wildman–Crippen MR) is 137 cm³/mol. The average molecular weight is 492 g/mol. The zero-order chi connectivity index (χ0) is 24.8. The summed E-state index contributed by atoms with van der Waals surface area (Å²) in [7, 11) is 1.64. The van der Waals surface area contributed by atoms with Gasteiger partial charge < -0.3 is 9.64 Å². The van der Waals surface area contributed by atoms with Gasteiger partial charge in [-0.25, -0.2) is 4.98 Å². The van der Waals surface area contributed by atoms with Crippen LogP contribution < -0.4 is 10.1 Å². The molecular formula is C27H29N3O4S. The van der Waals surface area contributed by atoms with E-state index in [4.69, 9.17) is 4.74 Å². The number of anilines is 1. The molecule has 1 N–H and O–H groups in total. The first kappa shape index (κ1) is 24.6. The number of ketones is 1. The number of rotatable bonds is 8. The van der Waals surface area contributed by atoms with Crippen molar-refractivity contribution in [3.63, 3.8) is 0 Å². The van der Waals surface area contributed by atoms with E-state index in [0.29, 0.717) is 42.2 Å². The third-order valence-corrected chi connectivity index (χ3v) is 6.84. The average Bonchev–Trinajstić information content (AvgIpc) is 3.35. The number of hydrogen-bond acceptors (Lipinski definition) is 6. The van der Waals surface area contributed by atoms with Crippen LogP contribution in [-0.2, 0) is 11.2 Å². The second-order valence-corrected chi connectivity index (χ2v) is 9.40. The Kier molecular flexibility index (Phi) is 7.92. The van der Waals surface area contributed by atoms with E-state index in [1.807, 2.05) is 11.4 Å². The maximum Gasteiger partial charge on any atom is 0.257 e. The molecular weight excluding hydrogens is 462 g/mol. The number of carbonyl (C=O) groups is 3. The van der Waals surface area contributed by atoms with Crippen molar-refractivity contribution in [1.82, 2.24) is 9.88 Å². The predicted octanol–water partition coefficient (Wildman–Crippen LogP) is 5.22. The van der Waals surface area contributed by atoms with Crippen LogP contribution in [0.5, 0.6) is 5.75 Å². The molecule has 35 heavy (non-hydrogen) atoms. The van der Waals surface area contributed by atoms with Gasteiger partial charge in [0, 0.05) is 48.0 Å². The SMILES string of the molecule is CCCCc1ccc(OC)c(-c2csc(NC(=O)c3ccc(C(=O)N4CCC(=O)CC4)cc3)n2)c1. The Morgan fingerprint density at radius 2 is 1.80 bits per heavy atom. The minimum absolute atomic E-state index is 0.121. The van der Waals surface area contributed by atoms with E-state index in [0.717, 1.165) is 36.3 Å². The number of thiazole rings is 1. The molecule has 4 rings (SSSR count). The number of carbonyl (C=O) groups excluding carboxylic acids is 3. The van der Waals surface area contributed by atoms with Gasteiger partial charge in [0.2, 0.25) is 0 Å². The van der Waals surface area contributed by atoms with Crippen molar-refractivity contribution < 1.29 is 19.1 Å². The molecule has 2 heterocycles. The highest BCUT2D eigenvalue weighted by Crippen LogP contribution is 2.33. The first-order chi connectivity index (χ1) is 17.0. The summed E-state index contributed by atoms with van der Waals surface area (Å²) in [4.78, 5) is 43.1. The summed E-state index contributed by atoms with van der Waals surface area (Å²) >= 11 is 1.35. The van der Waals surface area contributed by atoms with Crippen LogP contribution in [0.4, 0.5) is 5.13 Å². The zero-order valence-electron chi connectivity index (χ0n) is 20.0. The van der Waals surface area contributed by atoms with Gasteiger partial charge in [-0.2, -0.15) is 0 Å². The molecule has 7 nitrogen and oxygen atoms in total.